The maximum Gasteiger partial charge on any atom is 0.410 e. The highest BCUT2D eigenvalue weighted by molar-refractivity contribution is 9.10. The lowest BCUT2D eigenvalue weighted by Gasteiger charge is -2.37. The minimum atomic E-state index is -0.462. The van der Waals surface area contributed by atoms with E-state index in [4.69, 9.17) is 14.2 Å². The lowest BCUT2D eigenvalue weighted by molar-refractivity contribution is 0.0149. The smallest absolute Gasteiger partial charge is 0.410 e. The first-order valence-corrected chi connectivity index (χ1v) is 10.3. The number of carbonyl (C=O) groups excluding carboxylic acids is 1. The number of nitrogens with zero attached hydrogens (tertiary/aromatic N) is 2. The van der Waals surface area contributed by atoms with Crippen LogP contribution in [0.15, 0.2) is 16.6 Å². The maximum atomic E-state index is 12.3. The molecule has 2 heterocycles. The highest BCUT2D eigenvalue weighted by atomic mass is 79.9. The van der Waals surface area contributed by atoms with E-state index >= 15 is 0 Å². The first kappa shape index (κ1) is 20.3. The standard InChI is InChI=1S/C20H29BrN2O4/c1-20(2,3)27-19(24)22(4)15-5-7-23(8-6-15)13-14-11-17-18(12-16(14)21)26-10-9-25-17/h11-12,15H,5-10,13H2,1-4H3. The van der Waals surface area contributed by atoms with Gasteiger partial charge in [-0.2, -0.15) is 0 Å². The molecule has 0 N–H and O–H groups in total. The van der Waals surface area contributed by atoms with E-state index in [9.17, 15) is 4.79 Å². The molecule has 1 aromatic carbocycles. The molecule has 0 radical (unpaired) electrons. The molecule has 6 nitrogen and oxygen atoms in total. The lowest BCUT2D eigenvalue weighted by Crippen LogP contribution is -2.46. The lowest BCUT2D eigenvalue weighted by atomic mass is 10.0. The van der Waals surface area contributed by atoms with Crippen LogP contribution in [0.3, 0.4) is 0 Å². The number of amides is 1. The molecule has 0 unspecified atom stereocenters. The fourth-order valence-corrected chi connectivity index (χ4v) is 3.86. The van der Waals surface area contributed by atoms with Crippen molar-refractivity contribution in [2.75, 3.05) is 33.4 Å². The quantitative estimate of drug-likeness (QED) is 0.709. The fourth-order valence-electron chi connectivity index (χ4n) is 3.42. The molecule has 150 valence electrons. The number of benzene rings is 1. The van der Waals surface area contributed by atoms with E-state index in [1.165, 1.54) is 5.56 Å². The van der Waals surface area contributed by atoms with Gasteiger partial charge in [-0.3, -0.25) is 4.90 Å². The SMILES string of the molecule is CN(C(=O)OC(C)(C)C)C1CCN(Cc2cc3c(cc2Br)OCCO3)CC1. The van der Waals surface area contributed by atoms with Crippen molar-refractivity contribution in [3.05, 3.63) is 22.2 Å². The van der Waals surface area contributed by atoms with Gasteiger partial charge in [0.15, 0.2) is 11.5 Å². The molecule has 1 fully saturated rings. The Bertz CT molecular complexity index is 681. The second kappa shape index (κ2) is 8.27. The normalized spacial score (nSPS) is 18.3. The van der Waals surface area contributed by atoms with Crippen LogP contribution in [0.5, 0.6) is 11.5 Å². The van der Waals surface area contributed by atoms with Gasteiger partial charge in [-0.15, -0.1) is 0 Å². The molecule has 7 heteroatoms. The Kier molecular flexibility index (Phi) is 6.21. The van der Waals surface area contributed by atoms with Crippen LogP contribution in [0.4, 0.5) is 4.79 Å². The summed E-state index contributed by atoms with van der Waals surface area (Å²) in [4.78, 5) is 16.4. The summed E-state index contributed by atoms with van der Waals surface area (Å²) >= 11 is 3.65. The highest BCUT2D eigenvalue weighted by Gasteiger charge is 2.29. The summed E-state index contributed by atoms with van der Waals surface area (Å²) in [5.41, 5.74) is 0.731. The molecule has 0 aliphatic carbocycles. The fraction of sp³-hybridized carbons (Fsp3) is 0.650. The zero-order valence-electron chi connectivity index (χ0n) is 16.6. The molecule has 2 aliphatic heterocycles. The summed E-state index contributed by atoms with van der Waals surface area (Å²) in [6, 6.07) is 4.28. The van der Waals surface area contributed by atoms with Gasteiger partial charge >= 0.3 is 6.09 Å². The summed E-state index contributed by atoms with van der Waals surface area (Å²) in [7, 11) is 1.84. The Morgan fingerprint density at radius 3 is 2.41 bits per heavy atom. The van der Waals surface area contributed by atoms with E-state index < -0.39 is 5.60 Å². The first-order chi connectivity index (χ1) is 12.7. The highest BCUT2D eigenvalue weighted by Crippen LogP contribution is 2.36. The summed E-state index contributed by atoms with van der Waals surface area (Å²) in [6.45, 7) is 9.61. The second-order valence-electron chi connectivity index (χ2n) is 8.19. The largest absolute Gasteiger partial charge is 0.486 e. The van der Waals surface area contributed by atoms with E-state index in [0.29, 0.717) is 13.2 Å². The van der Waals surface area contributed by atoms with Gasteiger partial charge in [-0.05, 0) is 51.3 Å². The predicted octanol–water partition coefficient (Wildman–Crippen LogP) is 4.05. The van der Waals surface area contributed by atoms with E-state index in [0.717, 1.165) is 48.4 Å². The third-order valence-electron chi connectivity index (χ3n) is 4.89. The Labute approximate surface area is 169 Å². The van der Waals surface area contributed by atoms with Crippen molar-refractivity contribution in [3.63, 3.8) is 0 Å². The molecule has 2 aliphatic rings. The number of halogens is 1. The van der Waals surface area contributed by atoms with Gasteiger partial charge in [0.1, 0.15) is 18.8 Å². The van der Waals surface area contributed by atoms with Crippen molar-refractivity contribution >= 4 is 22.0 Å². The summed E-state index contributed by atoms with van der Waals surface area (Å²) in [5, 5.41) is 0. The number of ether oxygens (including phenoxy) is 3. The molecule has 3 rings (SSSR count). The van der Waals surface area contributed by atoms with Crippen LogP contribution in [0, 0.1) is 0 Å². The maximum absolute atomic E-state index is 12.3. The van der Waals surface area contributed by atoms with E-state index in [1.54, 1.807) is 4.90 Å². The number of rotatable bonds is 3. The number of fused-ring (bicyclic) bond motifs is 1. The molecule has 0 atom stereocenters. The second-order valence-corrected chi connectivity index (χ2v) is 9.04. The summed E-state index contributed by atoms with van der Waals surface area (Å²) < 4.78 is 17.9. The van der Waals surface area contributed by atoms with Crippen LogP contribution in [0.2, 0.25) is 0 Å². The number of hydrogen-bond donors (Lipinski definition) is 0. The van der Waals surface area contributed by atoms with Crippen LogP contribution >= 0.6 is 15.9 Å². The molecule has 1 aromatic rings. The average Bonchev–Trinajstić information content (AvgIpc) is 2.61. The van der Waals surface area contributed by atoms with Crippen molar-refractivity contribution in [3.8, 4) is 11.5 Å². The molecule has 1 amide bonds. The molecule has 0 spiro atoms. The Balaban J connectivity index is 1.55. The Hall–Kier alpha value is -1.47. The van der Waals surface area contributed by atoms with Gasteiger partial charge in [0.05, 0.1) is 0 Å². The van der Waals surface area contributed by atoms with Crippen molar-refractivity contribution in [1.82, 2.24) is 9.80 Å². The predicted molar refractivity (Wildman–Crippen MR) is 107 cm³/mol. The monoisotopic (exact) mass is 440 g/mol. The van der Waals surface area contributed by atoms with Gasteiger partial charge < -0.3 is 19.1 Å². The number of carbonyl (C=O) groups is 1. The third kappa shape index (κ3) is 5.29. The minimum Gasteiger partial charge on any atom is -0.486 e. The number of likely N-dealkylation sites (tertiary alicyclic amines) is 1. The van der Waals surface area contributed by atoms with Crippen molar-refractivity contribution in [1.29, 1.82) is 0 Å². The van der Waals surface area contributed by atoms with Crippen molar-refractivity contribution in [2.45, 2.75) is 51.8 Å². The first-order valence-electron chi connectivity index (χ1n) is 9.49. The molecule has 0 bridgehead atoms. The van der Waals surface area contributed by atoms with E-state index in [-0.39, 0.29) is 12.1 Å². The Morgan fingerprint density at radius 1 is 1.22 bits per heavy atom. The third-order valence-corrected chi connectivity index (χ3v) is 5.63. The summed E-state index contributed by atoms with van der Waals surface area (Å²) in [5.74, 6) is 1.62. The molecule has 0 aromatic heterocycles. The van der Waals surface area contributed by atoms with Crippen LogP contribution in [-0.2, 0) is 11.3 Å². The summed E-state index contributed by atoms with van der Waals surface area (Å²) in [6.07, 6.45) is 1.64. The van der Waals surface area contributed by atoms with Crippen LogP contribution < -0.4 is 9.47 Å². The van der Waals surface area contributed by atoms with Crippen LogP contribution in [-0.4, -0.2) is 60.9 Å². The number of piperidine rings is 1. The molecule has 1 saturated heterocycles. The van der Waals surface area contributed by atoms with Gasteiger partial charge in [0.25, 0.3) is 0 Å². The van der Waals surface area contributed by atoms with Gasteiger partial charge in [-0.25, -0.2) is 4.79 Å². The van der Waals surface area contributed by atoms with Gasteiger partial charge in [0, 0.05) is 37.2 Å². The van der Waals surface area contributed by atoms with Crippen LogP contribution in [0.25, 0.3) is 0 Å². The van der Waals surface area contributed by atoms with E-state index in [2.05, 4.69) is 26.9 Å². The van der Waals surface area contributed by atoms with Crippen molar-refractivity contribution in [2.24, 2.45) is 0 Å². The molecule has 0 saturated carbocycles. The van der Waals surface area contributed by atoms with Gasteiger partial charge in [-0.1, -0.05) is 15.9 Å². The minimum absolute atomic E-state index is 0.222. The molecular weight excluding hydrogens is 412 g/mol. The average molecular weight is 441 g/mol. The Morgan fingerprint density at radius 2 is 1.81 bits per heavy atom. The zero-order valence-corrected chi connectivity index (χ0v) is 18.2. The topological polar surface area (TPSA) is 51.2 Å². The van der Waals surface area contributed by atoms with Crippen molar-refractivity contribution < 1.29 is 19.0 Å². The van der Waals surface area contributed by atoms with Crippen LogP contribution in [0.1, 0.15) is 39.2 Å². The van der Waals surface area contributed by atoms with Gasteiger partial charge in [0.2, 0.25) is 0 Å². The zero-order chi connectivity index (χ0) is 19.6. The number of hydrogen-bond acceptors (Lipinski definition) is 5. The molecular formula is C20H29BrN2O4. The van der Waals surface area contributed by atoms with E-state index in [1.807, 2.05) is 33.9 Å². The molecule has 27 heavy (non-hydrogen) atoms.